The zero-order valence-corrected chi connectivity index (χ0v) is 11.5. The molecule has 106 valence electrons. The van der Waals surface area contributed by atoms with Crippen LogP contribution in [-0.4, -0.2) is 8.42 Å². The van der Waals surface area contributed by atoms with Gasteiger partial charge >= 0.3 is 0 Å². The van der Waals surface area contributed by atoms with Crippen LogP contribution >= 0.6 is 0 Å². The summed E-state index contributed by atoms with van der Waals surface area (Å²) in [6.45, 7) is 1.94. The van der Waals surface area contributed by atoms with E-state index in [1.807, 2.05) is 13.0 Å². The van der Waals surface area contributed by atoms with Crippen LogP contribution in [0.4, 0.5) is 14.5 Å². The van der Waals surface area contributed by atoms with E-state index < -0.39 is 26.6 Å². The molecule has 2 aromatic rings. The summed E-state index contributed by atoms with van der Waals surface area (Å²) < 4.78 is 52.7. The van der Waals surface area contributed by atoms with Crippen molar-refractivity contribution in [2.45, 2.75) is 18.2 Å². The van der Waals surface area contributed by atoms with Crippen LogP contribution in [0.15, 0.2) is 47.4 Å². The van der Waals surface area contributed by atoms with E-state index in [9.17, 15) is 17.2 Å². The maximum Gasteiger partial charge on any atom is 0.264 e. The van der Waals surface area contributed by atoms with Crippen molar-refractivity contribution < 1.29 is 17.2 Å². The first-order valence-electron chi connectivity index (χ1n) is 5.99. The molecule has 1 N–H and O–H groups in total. The van der Waals surface area contributed by atoms with Crippen LogP contribution < -0.4 is 4.72 Å². The van der Waals surface area contributed by atoms with Gasteiger partial charge in [-0.2, -0.15) is 0 Å². The molecule has 0 aliphatic carbocycles. The SMILES string of the molecule is CCc1cccc(NS(=O)(=O)c2ccc(F)cc2F)c1. The summed E-state index contributed by atoms with van der Waals surface area (Å²) >= 11 is 0. The Hall–Kier alpha value is -1.95. The smallest absolute Gasteiger partial charge is 0.264 e. The molecule has 0 heterocycles. The monoisotopic (exact) mass is 297 g/mol. The van der Waals surface area contributed by atoms with Crippen LogP contribution in [0.2, 0.25) is 0 Å². The molecule has 6 heteroatoms. The highest BCUT2D eigenvalue weighted by atomic mass is 32.2. The van der Waals surface area contributed by atoms with E-state index >= 15 is 0 Å². The van der Waals surface area contributed by atoms with Gasteiger partial charge in [0.2, 0.25) is 0 Å². The van der Waals surface area contributed by atoms with E-state index in [0.717, 1.165) is 24.1 Å². The van der Waals surface area contributed by atoms with Crippen molar-refractivity contribution in [3.8, 4) is 0 Å². The van der Waals surface area contributed by atoms with Gasteiger partial charge in [0.15, 0.2) is 0 Å². The van der Waals surface area contributed by atoms with Gasteiger partial charge in [-0.1, -0.05) is 19.1 Å². The number of anilines is 1. The molecule has 20 heavy (non-hydrogen) atoms. The van der Waals surface area contributed by atoms with Gasteiger partial charge < -0.3 is 0 Å². The lowest BCUT2D eigenvalue weighted by Crippen LogP contribution is -2.14. The molecule has 0 aliphatic heterocycles. The largest absolute Gasteiger partial charge is 0.280 e. The Bertz CT molecular complexity index is 730. The van der Waals surface area contributed by atoms with Crippen molar-refractivity contribution in [1.29, 1.82) is 0 Å². The Morgan fingerprint density at radius 3 is 2.50 bits per heavy atom. The van der Waals surface area contributed by atoms with Crippen LogP contribution in [0.1, 0.15) is 12.5 Å². The summed E-state index contributed by atoms with van der Waals surface area (Å²) in [5.41, 5.74) is 1.29. The number of rotatable bonds is 4. The number of nitrogens with one attached hydrogen (secondary N) is 1. The van der Waals surface area contributed by atoms with Crippen LogP contribution in [-0.2, 0) is 16.4 Å². The molecule has 0 amide bonds. The minimum Gasteiger partial charge on any atom is -0.280 e. The number of benzene rings is 2. The Kier molecular flexibility index (Phi) is 4.04. The number of aryl methyl sites for hydroxylation is 1. The van der Waals surface area contributed by atoms with Crippen LogP contribution in [0.25, 0.3) is 0 Å². The molecule has 0 fully saturated rings. The first-order chi connectivity index (χ1) is 9.42. The maximum atomic E-state index is 13.5. The fourth-order valence-corrected chi connectivity index (χ4v) is 2.87. The molecule has 0 aliphatic rings. The molecule has 0 bridgehead atoms. The average molecular weight is 297 g/mol. The highest BCUT2D eigenvalue weighted by Gasteiger charge is 2.19. The first kappa shape index (κ1) is 14.5. The fraction of sp³-hybridized carbons (Fsp3) is 0.143. The highest BCUT2D eigenvalue weighted by molar-refractivity contribution is 7.92. The molecule has 0 atom stereocenters. The summed E-state index contributed by atoms with van der Waals surface area (Å²) in [7, 11) is -4.08. The first-order valence-corrected chi connectivity index (χ1v) is 7.47. The molecule has 2 aromatic carbocycles. The van der Waals surface area contributed by atoms with Gasteiger partial charge in [0.25, 0.3) is 10.0 Å². The van der Waals surface area contributed by atoms with Gasteiger partial charge in [-0.05, 0) is 36.2 Å². The highest BCUT2D eigenvalue weighted by Crippen LogP contribution is 2.20. The molecular formula is C14H13F2NO2S. The minimum atomic E-state index is -4.08. The maximum absolute atomic E-state index is 13.5. The van der Waals surface area contributed by atoms with Gasteiger partial charge in [-0.25, -0.2) is 17.2 Å². The fourth-order valence-electron chi connectivity index (χ4n) is 1.76. The van der Waals surface area contributed by atoms with Crippen molar-refractivity contribution >= 4 is 15.7 Å². The number of halogens is 2. The number of hydrogen-bond acceptors (Lipinski definition) is 2. The molecule has 3 nitrogen and oxygen atoms in total. The van der Waals surface area contributed by atoms with Gasteiger partial charge in [0.1, 0.15) is 16.5 Å². The van der Waals surface area contributed by atoms with E-state index in [0.29, 0.717) is 11.8 Å². The zero-order valence-electron chi connectivity index (χ0n) is 10.7. The molecule has 0 unspecified atom stereocenters. The predicted molar refractivity (Wildman–Crippen MR) is 73.0 cm³/mol. The Morgan fingerprint density at radius 2 is 1.85 bits per heavy atom. The topological polar surface area (TPSA) is 46.2 Å². The van der Waals surface area contributed by atoms with E-state index in [1.54, 1.807) is 18.2 Å². The number of sulfonamides is 1. The molecule has 0 saturated carbocycles. The van der Waals surface area contributed by atoms with E-state index in [-0.39, 0.29) is 0 Å². The van der Waals surface area contributed by atoms with Crippen molar-refractivity contribution in [1.82, 2.24) is 0 Å². The second-order valence-corrected chi connectivity index (χ2v) is 5.88. The minimum absolute atomic E-state index is 0.341. The Labute approximate surface area is 116 Å². The van der Waals surface area contributed by atoms with E-state index in [4.69, 9.17) is 0 Å². The lowest BCUT2D eigenvalue weighted by atomic mass is 10.1. The van der Waals surface area contributed by atoms with Gasteiger partial charge in [0.05, 0.1) is 0 Å². The molecule has 2 rings (SSSR count). The summed E-state index contributed by atoms with van der Waals surface area (Å²) in [6, 6.07) is 9.14. The van der Waals surface area contributed by atoms with Gasteiger partial charge in [-0.15, -0.1) is 0 Å². The third-order valence-corrected chi connectivity index (χ3v) is 4.19. The standard InChI is InChI=1S/C14H13F2NO2S/c1-2-10-4-3-5-12(8-10)17-20(18,19)14-7-6-11(15)9-13(14)16/h3-9,17H,2H2,1H3. The lowest BCUT2D eigenvalue weighted by Gasteiger charge is -2.09. The molecule has 0 aromatic heterocycles. The van der Waals surface area contributed by atoms with Crippen molar-refractivity contribution in [3.63, 3.8) is 0 Å². The third-order valence-electron chi connectivity index (χ3n) is 2.77. The molecule has 0 radical (unpaired) electrons. The molecule has 0 spiro atoms. The number of hydrogen-bond donors (Lipinski definition) is 1. The summed E-state index contributed by atoms with van der Waals surface area (Å²) in [6.07, 6.45) is 0.750. The van der Waals surface area contributed by atoms with Gasteiger partial charge in [0, 0.05) is 11.8 Å². The zero-order chi connectivity index (χ0) is 14.8. The van der Waals surface area contributed by atoms with E-state index in [2.05, 4.69) is 4.72 Å². The summed E-state index contributed by atoms with van der Waals surface area (Å²) in [4.78, 5) is -0.583. The Morgan fingerprint density at radius 1 is 1.10 bits per heavy atom. The molecule has 0 saturated heterocycles. The normalized spacial score (nSPS) is 11.3. The lowest BCUT2D eigenvalue weighted by molar-refractivity contribution is 0.551. The van der Waals surface area contributed by atoms with Crippen molar-refractivity contribution in [2.75, 3.05) is 4.72 Å². The van der Waals surface area contributed by atoms with E-state index in [1.165, 1.54) is 0 Å². The quantitative estimate of drug-likeness (QED) is 0.941. The third kappa shape index (κ3) is 3.14. The van der Waals surface area contributed by atoms with Crippen LogP contribution in [0, 0.1) is 11.6 Å². The Balaban J connectivity index is 2.35. The average Bonchev–Trinajstić information content (AvgIpc) is 2.37. The predicted octanol–water partition coefficient (Wildman–Crippen LogP) is 3.33. The van der Waals surface area contributed by atoms with Crippen LogP contribution in [0.3, 0.4) is 0 Å². The summed E-state index contributed by atoms with van der Waals surface area (Å²) in [5, 5.41) is 0. The summed E-state index contributed by atoms with van der Waals surface area (Å²) in [5.74, 6) is -1.95. The van der Waals surface area contributed by atoms with Crippen molar-refractivity contribution in [3.05, 3.63) is 59.7 Å². The van der Waals surface area contributed by atoms with Crippen LogP contribution in [0.5, 0.6) is 0 Å². The van der Waals surface area contributed by atoms with Gasteiger partial charge in [-0.3, -0.25) is 4.72 Å². The second kappa shape index (κ2) is 5.58. The van der Waals surface area contributed by atoms with Crippen molar-refractivity contribution in [2.24, 2.45) is 0 Å². The second-order valence-electron chi connectivity index (χ2n) is 4.23. The molecular weight excluding hydrogens is 284 g/mol.